The second kappa shape index (κ2) is 10.3. The van der Waals surface area contributed by atoms with Gasteiger partial charge in [0, 0.05) is 38.3 Å². The fraction of sp³-hybridized carbons (Fsp3) is 0.321. The number of rotatable bonds is 7. The quantitative estimate of drug-likeness (QED) is 0.572. The summed E-state index contributed by atoms with van der Waals surface area (Å²) in [6, 6.07) is 28.4. The lowest BCUT2D eigenvalue weighted by Crippen LogP contribution is -2.64. The van der Waals surface area contributed by atoms with Crippen molar-refractivity contribution in [2.24, 2.45) is 0 Å². The molecule has 0 aromatic heterocycles. The molecule has 2 fully saturated rings. The van der Waals surface area contributed by atoms with E-state index < -0.39 is 0 Å². The van der Waals surface area contributed by atoms with Crippen molar-refractivity contribution in [3.8, 4) is 5.75 Å². The van der Waals surface area contributed by atoms with E-state index in [1.54, 1.807) is 0 Å². The molecule has 0 aliphatic carbocycles. The smallest absolute Gasteiger partial charge is 0.321 e. The first-order valence-electron chi connectivity index (χ1n) is 11.9. The van der Waals surface area contributed by atoms with Gasteiger partial charge >= 0.3 is 6.03 Å². The Morgan fingerprint density at radius 2 is 1.59 bits per heavy atom. The maximum absolute atomic E-state index is 12.7. The molecule has 0 saturated carbocycles. The van der Waals surface area contributed by atoms with Crippen molar-refractivity contribution in [1.82, 2.24) is 9.80 Å². The summed E-state index contributed by atoms with van der Waals surface area (Å²) >= 11 is 0. The van der Waals surface area contributed by atoms with Crippen LogP contribution in [0, 0.1) is 0 Å². The summed E-state index contributed by atoms with van der Waals surface area (Å²) in [5.41, 5.74) is 3.17. The van der Waals surface area contributed by atoms with Crippen LogP contribution in [0.15, 0.2) is 84.9 Å². The zero-order valence-corrected chi connectivity index (χ0v) is 19.4. The van der Waals surface area contributed by atoms with Crippen LogP contribution in [0.3, 0.4) is 0 Å². The Labute approximate surface area is 201 Å². The van der Waals surface area contributed by atoms with E-state index in [4.69, 9.17) is 9.47 Å². The van der Waals surface area contributed by atoms with Crippen molar-refractivity contribution in [1.29, 1.82) is 0 Å². The van der Waals surface area contributed by atoms with Crippen LogP contribution in [-0.2, 0) is 16.7 Å². The van der Waals surface area contributed by atoms with Gasteiger partial charge in [0.2, 0.25) is 0 Å². The number of piperazine rings is 1. The zero-order valence-electron chi connectivity index (χ0n) is 19.4. The molecule has 0 atom stereocenters. The average Bonchev–Trinajstić information content (AvgIpc) is 2.85. The maximum atomic E-state index is 12.7. The molecule has 0 spiro atoms. The van der Waals surface area contributed by atoms with E-state index >= 15 is 0 Å². The van der Waals surface area contributed by atoms with Crippen LogP contribution in [0.1, 0.15) is 11.1 Å². The van der Waals surface area contributed by atoms with E-state index in [9.17, 15) is 4.79 Å². The highest BCUT2D eigenvalue weighted by Crippen LogP contribution is 2.38. The van der Waals surface area contributed by atoms with E-state index in [0.29, 0.717) is 32.9 Å². The second-order valence-corrected chi connectivity index (χ2v) is 8.91. The number of nitrogens with zero attached hydrogens (tertiary/aromatic N) is 2. The molecule has 2 aliphatic heterocycles. The summed E-state index contributed by atoms with van der Waals surface area (Å²) in [5, 5.41) is 2.99. The molecule has 34 heavy (non-hydrogen) atoms. The molecule has 2 heterocycles. The number of nitrogens with one attached hydrogen (secondary N) is 1. The van der Waals surface area contributed by atoms with E-state index in [-0.39, 0.29) is 11.6 Å². The highest BCUT2D eigenvalue weighted by atomic mass is 16.5. The van der Waals surface area contributed by atoms with E-state index in [1.165, 1.54) is 11.1 Å². The largest absolute Gasteiger partial charge is 0.493 e. The number of anilines is 1. The van der Waals surface area contributed by atoms with Crippen LogP contribution < -0.4 is 10.1 Å². The number of para-hydroxylation sites is 1. The van der Waals surface area contributed by atoms with Gasteiger partial charge in [-0.15, -0.1) is 0 Å². The summed E-state index contributed by atoms with van der Waals surface area (Å²) in [6.45, 7) is 4.97. The first-order chi connectivity index (χ1) is 16.7. The third kappa shape index (κ3) is 4.93. The molecule has 5 rings (SSSR count). The SMILES string of the molecule is O=C(Nc1ccccc1)N1CCN(C2(c3cccc(OCCc4ccccc4)c3)COC2)CC1. The van der Waals surface area contributed by atoms with Crippen LogP contribution in [0.2, 0.25) is 0 Å². The van der Waals surface area contributed by atoms with E-state index in [0.717, 1.165) is 30.9 Å². The predicted molar refractivity (Wildman–Crippen MR) is 133 cm³/mol. The highest BCUT2D eigenvalue weighted by Gasteiger charge is 2.46. The third-order valence-corrected chi connectivity index (χ3v) is 6.75. The van der Waals surface area contributed by atoms with Gasteiger partial charge in [-0.1, -0.05) is 60.7 Å². The second-order valence-electron chi connectivity index (χ2n) is 8.91. The average molecular weight is 458 g/mol. The molecule has 2 amide bonds. The lowest BCUT2D eigenvalue weighted by atomic mass is 9.85. The Hall–Kier alpha value is -3.35. The topological polar surface area (TPSA) is 54.0 Å². The Morgan fingerprint density at radius 1 is 0.882 bits per heavy atom. The summed E-state index contributed by atoms with van der Waals surface area (Å²) in [6.07, 6.45) is 0.881. The van der Waals surface area contributed by atoms with Gasteiger partial charge in [0.25, 0.3) is 0 Å². The molecule has 1 N–H and O–H groups in total. The van der Waals surface area contributed by atoms with Gasteiger partial charge in [0.15, 0.2) is 0 Å². The summed E-state index contributed by atoms with van der Waals surface area (Å²) < 4.78 is 11.8. The lowest BCUT2D eigenvalue weighted by molar-refractivity contribution is -0.153. The van der Waals surface area contributed by atoms with Crippen molar-refractivity contribution < 1.29 is 14.3 Å². The van der Waals surface area contributed by atoms with Crippen molar-refractivity contribution in [3.05, 3.63) is 96.1 Å². The zero-order chi connectivity index (χ0) is 23.2. The molecule has 3 aromatic rings. The lowest BCUT2D eigenvalue weighted by Gasteiger charge is -2.52. The monoisotopic (exact) mass is 457 g/mol. The standard InChI is InChI=1S/C28H31N3O3/c32-27(29-25-11-5-2-6-12-25)30-15-17-31(18-16-30)28(21-33-22-28)24-10-7-13-26(20-24)34-19-14-23-8-3-1-4-9-23/h1-13,20H,14-19,21-22H2,(H,29,32). The maximum Gasteiger partial charge on any atom is 0.321 e. The fourth-order valence-corrected chi connectivity index (χ4v) is 4.70. The third-order valence-electron chi connectivity index (χ3n) is 6.75. The number of hydrogen-bond acceptors (Lipinski definition) is 4. The van der Waals surface area contributed by atoms with Crippen molar-refractivity contribution in [3.63, 3.8) is 0 Å². The molecule has 0 unspecified atom stereocenters. The predicted octanol–water partition coefficient (Wildman–Crippen LogP) is 4.38. The highest BCUT2D eigenvalue weighted by molar-refractivity contribution is 5.89. The molecule has 6 nitrogen and oxygen atoms in total. The van der Waals surface area contributed by atoms with Gasteiger partial charge in [-0.05, 0) is 35.4 Å². The number of amides is 2. The molecule has 6 heteroatoms. The van der Waals surface area contributed by atoms with E-state index in [2.05, 4.69) is 52.7 Å². The number of carbonyl (C=O) groups is 1. The number of carbonyl (C=O) groups excluding carboxylic acids is 1. The van der Waals surface area contributed by atoms with Crippen LogP contribution in [0.5, 0.6) is 5.75 Å². The van der Waals surface area contributed by atoms with Crippen LogP contribution in [0.25, 0.3) is 0 Å². The van der Waals surface area contributed by atoms with Gasteiger partial charge < -0.3 is 19.7 Å². The Morgan fingerprint density at radius 3 is 2.26 bits per heavy atom. The number of urea groups is 1. The summed E-state index contributed by atoms with van der Waals surface area (Å²) in [7, 11) is 0. The minimum absolute atomic E-state index is 0.0430. The van der Waals surface area contributed by atoms with Crippen LogP contribution in [0.4, 0.5) is 10.5 Å². The number of ether oxygens (including phenoxy) is 2. The van der Waals surface area contributed by atoms with Crippen molar-refractivity contribution in [2.75, 3.05) is 51.3 Å². The Bertz CT molecular complexity index is 1080. The van der Waals surface area contributed by atoms with Gasteiger partial charge in [-0.3, -0.25) is 4.90 Å². The van der Waals surface area contributed by atoms with Crippen molar-refractivity contribution >= 4 is 11.7 Å². The number of benzene rings is 3. The molecule has 2 saturated heterocycles. The van der Waals surface area contributed by atoms with Gasteiger partial charge in [-0.25, -0.2) is 4.79 Å². The first-order valence-corrected chi connectivity index (χ1v) is 11.9. The summed E-state index contributed by atoms with van der Waals surface area (Å²) in [4.78, 5) is 17.0. The minimum atomic E-state index is -0.152. The Balaban J connectivity index is 1.19. The molecule has 0 radical (unpaired) electrons. The van der Waals surface area contributed by atoms with Crippen molar-refractivity contribution in [2.45, 2.75) is 12.0 Å². The molecule has 0 bridgehead atoms. The van der Waals surface area contributed by atoms with Crippen LogP contribution >= 0.6 is 0 Å². The summed E-state index contributed by atoms with van der Waals surface area (Å²) in [5.74, 6) is 0.889. The minimum Gasteiger partial charge on any atom is -0.493 e. The molecular formula is C28H31N3O3. The normalized spacial score (nSPS) is 17.6. The molecular weight excluding hydrogens is 426 g/mol. The van der Waals surface area contributed by atoms with Gasteiger partial charge in [-0.2, -0.15) is 0 Å². The van der Waals surface area contributed by atoms with Gasteiger partial charge in [0.1, 0.15) is 5.75 Å². The Kier molecular flexibility index (Phi) is 6.79. The molecule has 176 valence electrons. The van der Waals surface area contributed by atoms with Crippen LogP contribution in [-0.4, -0.2) is 61.8 Å². The van der Waals surface area contributed by atoms with Gasteiger partial charge in [0.05, 0.1) is 25.4 Å². The van der Waals surface area contributed by atoms with E-state index in [1.807, 2.05) is 47.4 Å². The molecule has 3 aromatic carbocycles. The fourth-order valence-electron chi connectivity index (χ4n) is 4.70. The number of hydrogen-bond donors (Lipinski definition) is 1. The molecule has 2 aliphatic rings. The first kappa shape index (κ1) is 22.4.